The van der Waals surface area contributed by atoms with E-state index >= 15 is 0 Å². The Morgan fingerprint density at radius 3 is 2.19 bits per heavy atom. The van der Waals surface area contributed by atoms with E-state index in [9.17, 15) is 4.79 Å². The van der Waals surface area contributed by atoms with Crippen LogP contribution in [0.1, 0.15) is 20.8 Å². The summed E-state index contributed by atoms with van der Waals surface area (Å²) in [6.07, 6.45) is -0.284. The maximum Gasteiger partial charge on any atom is 0.252 e. The molecule has 1 atom stereocenters. The van der Waals surface area contributed by atoms with Gasteiger partial charge in [-0.1, -0.05) is 20.8 Å². The van der Waals surface area contributed by atoms with Crippen LogP contribution in [0.15, 0.2) is 0 Å². The molecule has 0 aromatic heterocycles. The second-order valence-electron chi connectivity index (χ2n) is 4.66. The van der Waals surface area contributed by atoms with Crippen molar-refractivity contribution >= 4 is 5.91 Å². The number of carbonyl (C=O) groups is 1. The van der Waals surface area contributed by atoms with E-state index in [4.69, 9.17) is 4.74 Å². The standard InChI is InChI=1S/C12H24N2O2/c1-5-13-6-8-14(9-7-13)12(15)11(16-4)10(2)3/h10-11H,5-9H2,1-4H3. The lowest BCUT2D eigenvalue weighted by Crippen LogP contribution is -2.52. The Bertz CT molecular complexity index is 223. The molecule has 0 bridgehead atoms. The van der Waals surface area contributed by atoms with Crippen LogP contribution in [0.3, 0.4) is 0 Å². The maximum atomic E-state index is 12.1. The first-order chi connectivity index (χ1) is 7.60. The lowest BCUT2D eigenvalue weighted by atomic mass is 10.1. The molecule has 4 heteroatoms. The molecule has 0 radical (unpaired) electrons. The first kappa shape index (κ1) is 13.5. The van der Waals surface area contributed by atoms with E-state index in [0.717, 1.165) is 32.7 Å². The van der Waals surface area contributed by atoms with Crippen LogP contribution in [-0.4, -0.2) is 61.6 Å². The minimum atomic E-state index is -0.284. The maximum absolute atomic E-state index is 12.1. The molecule has 1 fully saturated rings. The Morgan fingerprint density at radius 1 is 1.25 bits per heavy atom. The molecule has 1 amide bonds. The summed E-state index contributed by atoms with van der Waals surface area (Å²) in [7, 11) is 1.62. The van der Waals surface area contributed by atoms with Crippen LogP contribution in [-0.2, 0) is 9.53 Å². The van der Waals surface area contributed by atoms with Crippen LogP contribution in [0.4, 0.5) is 0 Å². The number of nitrogens with zero attached hydrogens (tertiary/aromatic N) is 2. The Hall–Kier alpha value is -0.610. The van der Waals surface area contributed by atoms with Crippen molar-refractivity contribution in [3.63, 3.8) is 0 Å². The van der Waals surface area contributed by atoms with Gasteiger partial charge in [-0.2, -0.15) is 0 Å². The summed E-state index contributed by atoms with van der Waals surface area (Å²) >= 11 is 0. The summed E-state index contributed by atoms with van der Waals surface area (Å²) < 4.78 is 5.28. The van der Waals surface area contributed by atoms with Gasteiger partial charge in [-0.25, -0.2) is 0 Å². The fraction of sp³-hybridized carbons (Fsp3) is 0.917. The van der Waals surface area contributed by atoms with Crippen LogP contribution >= 0.6 is 0 Å². The van der Waals surface area contributed by atoms with E-state index in [1.165, 1.54) is 0 Å². The van der Waals surface area contributed by atoms with Gasteiger partial charge in [0.15, 0.2) is 0 Å². The number of rotatable bonds is 4. The molecule has 0 aromatic rings. The van der Waals surface area contributed by atoms with E-state index in [-0.39, 0.29) is 17.9 Å². The van der Waals surface area contributed by atoms with Gasteiger partial charge >= 0.3 is 0 Å². The molecule has 1 aliphatic heterocycles. The van der Waals surface area contributed by atoms with Crippen LogP contribution in [0.25, 0.3) is 0 Å². The Balaban J connectivity index is 2.49. The number of piperazine rings is 1. The first-order valence-electron chi connectivity index (χ1n) is 6.14. The predicted molar refractivity (Wildman–Crippen MR) is 64.3 cm³/mol. The zero-order valence-electron chi connectivity index (χ0n) is 10.9. The molecule has 0 spiro atoms. The largest absolute Gasteiger partial charge is 0.371 e. The van der Waals surface area contributed by atoms with E-state index in [1.807, 2.05) is 18.7 Å². The third-order valence-electron chi connectivity index (χ3n) is 3.23. The number of ether oxygens (including phenoxy) is 1. The summed E-state index contributed by atoms with van der Waals surface area (Å²) in [5, 5.41) is 0. The number of amides is 1. The van der Waals surface area contributed by atoms with Gasteiger partial charge in [0.05, 0.1) is 0 Å². The highest BCUT2D eigenvalue weighted by Gasteiger charge is 2.28. The highest BCUT2D eigenvalue weighted by molar-refractivity contribution is 5.81. The Kier molecular flexibility index (Phi) is 5.22. The van der Waals surface area contributed by atoms with Crippen LogP contribution < -0.4 is 0 Å². The second-order valence-corrected chi connectivity index (χ2v) is 4.66. The van der Waals surface area contributed by atoms with Gasteiger partial charge in [0, 0.05) is 33.3 Å². The smallest absolute Gasteiger partial charge is 0.252 e. The average Bonchev–Trinajstić information content (AvgIpc) is 2.29. The zero-order chi connectivity index (χ0) is 12.1. The van der Waals surface area contributed by atoms with Crippen molar-refractivity contribution in [3.8, 4) is 0 Å². The molecule has 0 aliphatic carbocycles. The van der Waals surface area contributed by atoms with Gasteiger partial charge < -0.3 is 14.5 Å². The minimum Gasteiger partial charge on any atom is -0.371 e. The number of carbonyl (C=O) groups excluding carboxylic acids is 1. The van der Waals surface area contributed by atoms with Crippen LogP contribution in [0, 0.1) is 5.92 Å². The normalized spacial score (nSPS) is 20.2. The van der Waals surface area contributed by atoms with Crippen LogP contribution in [0.5, 0.6) is 0 Å². The molecular formula is C12H24N2O2. The van der Waals surface area contributed by atoms with Crippen molar-refractivity contribution in [3.05, 3.63) is 0 Å². The molecule has 4 nitrogen and oxygen atoms in total. The topological polar surface area (TPSA) is 32.8 Å². The van der Waals surface area contributed by atoms with E-state index in [2.05, 4.69) is 11.8 Å². The predicted octanol–water partition coefficient (Wildman–Crippen LogP) is 0.821. The van der Waals surface area contributed by atoms with E-state index in [0.29, 0.717) is 0 Å². The minimum absolute atomic E-state index is 0.147. The third-order valence-corrected chi connectivity index (χ3v) is 3.23. The van der Waals surface area contributed by atoms with Gasteiger partial charge in [-0.05, 0) is 12.5 Å². The molecular weight excluding hydrogens is 204 g/mol. The monoisotopic (exact) mass is 228 g/mol. The summed E-state index contributed by atoms with van der Waals surface area (Å²) in [5.41, 5.74) is 0. The number of hydrogen-bond donors (Lipinski definition) is 0. The molecule has 94 valence electrons. The van der Waals surface area contributed by atoms with Gasteiger partial charge in [-0.15, -0.1) is 0 Å². The molecule has 1 saturated heterocycles. The van der Waals surface area contributed by atoms with Crippen molar-refractivity contribution in [2.24, 2.45) is 5.92 Å². The highest BCUT2D eigenvalue weighted by Crippen LogP contribution is 2.11. The van der Waals surface area contributed by atoms with Crippen LogP contribution in [0.2, 0.25) is 0 Å². The summed E-state index contributed by atoms with van der Waals surface area (Å²) in [5.74, 6) is 0.384. The fourth-order valence-corrected chi connectivity index (χ4v) is 2.12. The number of hydrogen-bond acceptors (Lipinski definition) is 3. The number of likely N-dealkylation sites (N-methyl/N-ethyl adjacent to an activating group) is 1. The average molecular weight is 228 g/mol. The fourth-order valence-electron chi connectivity index (χ4n) is 2.12. The van der Waals surface area contributed by atoms with E-state index in [1.54, 1.807) is 7.11 Å². The van der Waals surface area contributed by atoms with E-state index < -0.39 is 0 Å². The molecule has 1 unspecified atom stereocenters. The molecule has 0 saturated carbocycles. The second kappa shape index (κ2) is 6.21. The van der Waals surface area contributed by atoms with Crippen molar-refractivity contribution < 1.29 is 9.53 Å². The number of methoxy groups -OCH3 is 1. The summed E-state index contributed by atoms with van der Waals surface area (Å²) in [6.45, 7) is 10.9. The van der Waals surface area contributed by atoms with Gasteiger partial charge in [0.25, 0.3) is 5.91 Å². The lowest BCUT2D eigenvalue weighted by molar-refractivity contribution is -0.146. The summed E-state index contributed by atoms with van der Waals surface area (Å²) in [4.78, 5) is 16.4. The van der Waals surface area contributed by atoms with Crippen molar-refractivity contribution in [2.45, 2.75) is 26.9 Å². The molecule has 1 aliphatic rings. The third kappa shape index (κ3) is 3.19. The first-order valence-corrected chi connectivity index (χ1v) is 6.14. The van der Waals surface area contributed by atoms with Gasteiger partial charge in [0.1, 0.15) is 6.10 Å². The van der Waals surface area contributed by atoms with Crippen molar-refractivity contribution in [1.29, 1.82) is 0 Å². The lowest BCUT2D eigenvalue weighted by Gasteiger charge is -2.36. The van der Waals surface area contributed by atoms with Crippen molar-refractivity contribution in [1.82, 2.24) is 9.80 Å². The Morgan fingerprint density at radius 2 is 1.81 bits per heavy atom. The Labute approximate surface area is 98.5 Å². The SMILES string of the molecule is CCN1CCN(C(=O)C(OC)C(C)C)CC1. The van der Waals surface area contributed by atoms with Gasteiger partial charge in [0.2, 0.25) is 0 Å². The molecule has 1 rings (SSSR count). The molecule has 0 aromatic carbocycles. The van der Waals surface area contributed by atoms with Crippen molar-refractivity contribution in [2.75, 3.05) is 39.8 Å². The quantitative estimate of drug-likeness (QED) is 0.714. The zero-order valence-corrected chi connectivity index (χ0v) is 10.9. The van der Waals surface area contributed by atoms with Gasteiger partial charge in [-0.3, -0.25) is 4.79 Å². The summed E-state index contributed by atoms with van der Waals surface area (Å²) in [6, 6.07) is 0. The highest BCUT2D eigenvalue weighted by atomic mass is 16.5. The molecule has 16 heavy (non-hydrogen) atoms. The molecule has 0 N–H and O–H groups in total. The molecule has 1 heterocycles.